The number of amides is 1. The fourth-order valence-corrected chi connectivity index (χ4v) is 5.63. The van der Waals surface area contributed by atoms with Gasteiger partial charge in [-0.25, -0.2) is 0 Å². The fourth-order valence-electron chi connectivity index (χ4n) is 5.63. The average molecular weight is 622 g/mol. The Balaban J connectivity index is 4.16. The molecule has 0 heterocycles. The minimum absolute atomic E-state index is 0.0236. The Morgan fingerprint density at radius 2 is 0.977 bits per heavy atom. The van der Waals surface area contributed by atoms with Crippen molar-refractivity contribution in [2.24, 2.45) is 0 Å². The Kier molecular flexibility index (Phi) is 32.6. The van der Waals surface area contributed by atoms with E-state index in [4.69, 9.17) is 9.84 Å². The largest absolute Gasteiger partial charge is 0.480 e. The second-order valence-electron chi connectivity index (χ2n) is 12.8. The van der Waals surface area contributed by atoms with Gasteiger partial charge in [-0.05, 0) is 64.2 Å². The third kappa shape index (κ3) is 33.1. The molecule has 0 radical (unpaired) electrons. The van der Waals surface area contributed by atoms with Crippen LogP contribution in [0.4, 0.5) is 0 Å². The third-order valence-electron chi connectivity index (χ3n) is 8.44. The van der Waals surface area contributed by atoms with Crippen molar-refractivity contribution in [3.8, 4) is 0 Å². The second kappa shape index (κ2) is 34.0. The molecule has 6 nitrogen and oxygen atoms in total. The van der Waals surface area contributed by atoms with E-state index in [0.717, 1.165) is 64.2 Å². The molecule has 258 valence electrons. The monoisotopic (exact) mass is 622 g/mol. The maximum Gasteiger partial charge on any atom is 0.322 e. The molecular weight excluding hydrogens is 550 g/mol. The molecule has 0 spiro atoms. The fraction of sp³-hybridized carbons (Fsp3) is 0.868. The van der Waals surface area contributed by atoms with Crippen molar-refractivity contribution in [3.63, 3.8) is 0 Å². The smallest absolute Gasteiger partial charge is 0.322 e. The zero-order valence-corrected chi connectivity index (χ0v) is 29.0. The van der Waals surface area contributed by atoms with Gasteiger partial charge in [0.25, 0.3) is 0 Å². The number of ether oxygens (including phenoxy) is 1. The summed E-state index contributed by atoms with van der Waals surface area (Å²) in [5, 5.41) is 11.1. The normalized spacial score (nSPS) is 12.0. The summed E-state index contributed by atoms with van der Waals surface area (Å²) < 4.78 is 5.99. The Labute approximate surface area is 271 Å². The lowest BCUT2D eigenvalue weighted by atomic mass is 10.0. The van der Waals surface area contributed by atoms with E-state index in [-0.39, 0.29) is 24.5 Å². The summed E-state index contributed by atoms with van der Waals surface area (Å²) >= 11 is 0. The molecule has 44 heavy (non-hydrogen) atoms. The first kappa shape index (κ1) is 42.1. The van der Waals surface area contributed by atoms with Gasteiger partial charge < -0.3 is 15.2 Å². The van der Waals surface area contributed by atoms with Crippen LogP contribution in [0.2, 0.25) is 0 Å². The second-order valence-corrected chi connectivity index (χ2v) is 12.8. The predicted octanol–water partition coefficient (Wildman–Crippen LogP) is 11.0. The van der Waals surface area contributed by atoms with Crippen LogP contribution in [-0.2, 0) is 19.1 Å². The quantitative estimate of drug-likeness (QED) is 0.0423. The van der Waals surface area contributed by atoms with Gasteiger partial charge in [-0.3, -0.25) is 14.4 Å². The van der Waals surface area contributed by atoms with Crippen molar-refractivity contribution in [1.29, 1.82) is 0 Å². The molecule has 0 rings (SSSR count). The Morgan fingerprint density at radius 1 is 0.568 bits per heavy atom. The Morgan fingerprint density at radius 3 is 1.50 bits per heavy atom. The average Bonchev–Trinajstić information content (AvgIpc) is 3.00. The van der Waals surface area contributed by atoms with Crippen molar-refractivity contribution in [3.05, 3.63) is 12.2 Å². The van der Waals surface area contributed by atoms with Crippen LogP contribution in [0.25, 0.3) is 0 Å². The molecule has 2 N–H and O–H groups in total. The summed E-state index contributed by atoms with van der Waals surface area (Å²) in [4.78, 5) is 34.8. The summed E-state index contributed by atoms with van der Waals surface area (Å²) in [6.07, 6.45) is 37.5. The molecule has 0 saturated heterocycles. The molecule has 0 aromatic heterocycles. The molecule has 0 fully saturated rings. The van der Waals surface area contributed by atoms with Crippen LogP contribution in [0, 0.1) is 0 Å². The van der Waals surface area contributed by atoms with Gasteiger partial charge in [-0.2, -0.15) is 0 Å². The van der Waals surface area contributed by atoms with Crippen molar-refractivity contribution in [2.75, 3.05) is 6.54 Å². The van der Waals surface area contributed by atoms with Gasteiger partial charge in [0, 0.05) is 12.8 Å². The number of carbonyl (C=O) groups is 3. The van der Waals surface area contributed by atoms with E-state index in [1.54, 1.807) is 0 Å². The minimum atomic E-state index is -1.02. The van der Waals surface area contributed by atoms with E-state index in [1.807, 2.05) is 0 Å². The molecule has 0 aliphatic rings. The number of allylic oxidation sites excluding steroid dienone is 2. The molecule has 0 aliphatic heterocycles. The van der Waals surface area contributed by atoms with Crippen molar-refractivity contribution in [2.45, 2.75) is 206 Å². The number of aliphatic carboxylic acids is 1. The zero-order valence-electron chi connectivity index (χ0n) is 29.0. The lowest BCUT2D eigenvalue weighted by molar-refractivity contribution is -0.150. The highest BCUT2D eigenvalue weighted by molar-refractivity contribution is 5.80. The lowest BCUT2D eigenvalue weighted by Gasteiger charge is -2.18. The number of carboxylic acids is 1. The van der Waals surface area contributed by atoms with Gasteiger partial charge in [0.1, 0.15) is 12.6 Å². The third-order valence-corrected chi connectivity index (χ3v) is 8.44. The summed E-state index contributed by atoms with van der Waals surface area (Å²) in [5.74, 6) is -1.23. The number of hydrogen-bond donors (Lipinski definition) is 2. The highest BCUT2D eigenvalue weighted by Gasteiger charge is 2.14. The van der Waals surface area contributed by atoms with Gasteiger partial charge in [-0.15, -0.1) is 0 Å². The summed E-state index contributed by atoms with van der Waals surface area (Å²) in [7, 11) is 0. The molecule has 0 saturated carbocycles. The van der Waals surface area contributed by atoms with Crippen molar-refractivity contribution < 1.29 is 24.2 Å². The number of carbonyl (C=O) groups excluding carboxylic acids is 2. The van der Waals surface area contributed by atoms with Crippen molar-refractivity contribution >= 4 is 17.8 Å². The summed E-state index contributed by atoms with van der Waals surface area (Å²) in [5.41, 5.74) is 0. The van der Waals surface area contributed by atoms with Gasteiger partial charge in [-0.1, -0.05) is 135 Å². The van der Waals surface area contributed by atoms with Crippen LogP contribution >= 0.6 is 0 Å². The molecular formula is C38H71NO5. The molecule has 0 aliphatic carbocycles. The topological polar surface area (TPSA) is 92.7 Å². The van der Waals surface area contributed by atoms with Crippen LogP contribution in [0.1, 0.15) is 200 Å². The zero-order chi connectivity index (χ0) is 32.4. The maximum absolute atomic E-state index is 12.6. The van der Waals surface area contributed by atoms with E-state index < -0.39 is 5.97 Å². The first-order chi connectivity index (χ1) is 21.5. The number of nitrogens with one attached hydrogen (secondary N) is 1. The molecule has 1 amide bonds. The van der Waals surface area contributed by atoms with Gasteiger partial charge in [0.2, 0.25) is 5.91 Å². The first-order valence-corrected chi connectivity index (χ1v) is 18.8. The van der Waals surface area contributed by atoms with E-state index in [2.05, 4.69) is 31.3 Å². The highest BCUT2D eigenvalue weighted by atomic mass is 16.5. The Bertz CT molecular complexity index is 693. The van der Waals surface area contributed by atoms with E-state index in [1.165, 1.54) is 109 Å². The standard InChI is InChI=1S/C38H71NO5/c1-3-5-7-9-11-13-15-16-18-20-25-29-33-38(43)44-35(30-26-22-19-17-14-12-10-8-6-4-2)31-27-23-21-24-28-32-36(40)39-34-37(41)42/h11,13,35H,3-10,12,14-34H2,1-2H3,(H,39,40)(H,41,42)/b13-11-. The van der Waals surface area contributed by atoms with Gasteiger partial charge >= 0.3 is 11.9 Å². The predicted molar refractivity (Wildman–Crippen MR) is 185 cm³/mol. The number of carboxylic acid groups (broad SMARTS) is 1. The highest BCUT2D eigenvalue weighted by Crippen LogP contribution is 2.19. The number of unbranched alkanes of at least 4 members (excludes halogenated alkanes) is 21. The SMILES string of the molecule is CCCCC/C=C\CCCCCCCC(=O)OC(CCCCCCCCCCCC)CCCCCCCC(=O)NCC(=O)O. The molecule has 1 unspecified atom stereocenters. The van der Waals surface area contributed by atoms with Crippen LogP contribution in [0.3, 0.4) is 0 Å². The molecule has 0 aromatic rings. The number of hydrogen-bond acceptors (Lipinski definition) is 4. The van der Waals surface area contributed by atoms with Crippen LogP contribution in [0.5, 0.6) is 0 Å². The molecule has 0 aromatic carbocycles. The summed E-state index contributed by atoms with van der Waals surface area (Å²) in [6, 6.07) is 0. The van der Waals surface area contributed by atoms with Gasteiger partial charge in [0.15, 0.2) is 0 Å². The van der Waals surface area contributed by atoms with E-state index in [9.17, 15) is 14.4 Å². The van der Waals surface area contributed by atoms with Crippen LogP contribution < -0.4 is 5.32 Å². The van der Waals surface area contributed by atoms with E-state index in [0.29, 0.717) is 12.8 Å². The molecule has 0 bridgehead atoms. The summed E-state index contributed by atoms with van der Waals surface area (Å²) in [6.45, 7) is 4.20. The lowest BCUT2D eigenvalue weighted by Crippen LogP contribution is -2.28. The van der Waals surface area contributed by atoms with Gasteiger partial charge in [0.05, 0.1) is 0 Å². The minimum Gasteiger partial charge on any atom is -0.480 e. The van der Waals surface area contributed by atoms with Crippen LogP contribution in [0.15, 0.2) is 12.2 Å². The van der Waals surface area contributed by atoms with E-state index >= 15 is 0 Å². The first-order valence-electron chi connectivity index (χ1n) is 18.8. The number of esters is 1. The molecule has 1 atom stereocenters. The maximum atomic E-state index is 12.6. The number of rotatable bonds is 34. The molecule has 6 heteroatoms. The van der Waals surface area contributed by atoms with Crippen LogP contribution in [-0.4, -0.2) is 35.6 Å². The van der Waals surface area contributed by atoms with Crippen molar-refractivity contribution in [1.82, 2.24) is 5.32 Å². The Hall–Kier alpha value is -1.85.